The minimum absolute atomic E-state index is 0.00768. The molecule has 7 rings (SSSR count). The Kier molecular flexibility index (Phi) is 3.44. The molecule has 164 valence electrons. The average molecular weight is 453 g/mol. The molecule has 2 aromatic heterocycles. The third kappa shape index (κ3) is 2.04. The van der Waals surface area contributed by atoms with E-state index in [9.17, 15) is 14.7 Å². The molecular weight excluding hydrogens is 433 g/mol. The van der Waals surface area contributed by atoms with Crippen molar-refractivity contribution in [1.82, 2.24) is 4.40 Å². The molecular formula is C23H20FN3O4S. The molecule has 2 aliphatic heterocycles. The highest BCUT2D eigenvalue weighted by molar-refractivity contribution is 7.16. The topological polar surface area (TPSA) is 97.3 Å². The van der Waals surface area contributed by atoms with Gasteiger partial charge in [0, 0.05) is 30.6 Å². The summed E-state index contributed by atoms with van der Waals surface area (Å²) >= 11 is 1.15. The molecule has 2 bridgehead atoms. The Balaban J connectivity index is 1.46. The van der Waals surface area contributed by atoms with Gasteiger partial charge in [0.15, 0.2) is 0 Å². The van der Waals surface area contributed by atoms with E-state index in [1.54, 1.807) is 9.78 Å². The lowest BCUT2D eigenvalue weighted by molar-refractivity contribution is 0.0697. The number of benzene rings is 1. The predicted molar refractivity (Wildman–Crippen MR) is 118 cm³/mol. The Hall–Kier alpha value is -2.91. The van der Waals surface area contributed by atoms with Crippen molar-refractivity contribution >= 4 is 38.7 Å². The minimum atomic E-state index is -1.32. The number of hydrogen-bond acceptors (Lipinski definition) is 6. The summed E-state index contributed by atoms with van der Waals surface area (Å²) in [6.45, 7) is 2.17. The standard InChI is InChI=1S/C23H20FN3O4S/c24-15-3-11-18-13(7-31-16-8-32-21(27(16)18)17(20(11)28)22(29)30)19(15)26-5-12-10-1-2-23(4-10,9-25)14(12)6-26/h1-3,8,10,12,14H,4-7,9,25H2,(H,29,30). The maximum Gasteiger partial charge on any atom is 0.342 e. The first-order valence-corrected chi connectivity index (χ1v) is 11.6. The molecule has 4 heterocycles. The fraction of sp³-hybridized carbons (Fsp3) is 0.391. The van der Waals surface area contributed by atoms with Crippen molar-refractivity contribution in [3.63, 3.8) is 0 Å². The second kappa shape index (κ2) is 5.90. The maximum atomic E-state index is 15.6. The van der Waals surface area contributed by atoms with Crippen LogP contribution in [0, 0.1) is 29.0 Å². The summed E-state index contributed by atoms with van der Waals surface area (Å²) in [5.74, 6) is -0.0693. The summed E-state index contributed by atoms with van der Waals surface area (Å²) in [5, 5.41) is 11.4. The van der Waals surface area contributed by atoms with Crippen LogP contribution in [0.1, 0.15) is 22.3 Å². The van der Waals surface area contributed by atoms with E-state index in [4.69, 9.17) is 10.5 Å². The Labute approximate surface area is 185 Å². The third-order valence-electron chi connectivity index (χ3n) is 8.15. The molecule has 7 nitrogen and oxygen atoms in total. The van der Waals surface area contributed by atoms with E-state index in [1.165, 1.54) is 6.07 Å². The Morgan fingerprint density at radius 2 is 2.25 bits per heavy atom. The number of nitrogens with two attached hydrogens (primary N) is 1. The van der Waals surface area contributed by atoms with E-state index in [2.05, 4.69) is 17.1 Å². The van der Waals surface area contributed by atoms with E-state index in [1.807, 2.05) is 0 Å². The first kappa shape index (κ1) is 18.6. The lowest BCUT2D eigenvalue weighted by atomic mass is 9.75. The number of ether oxygens (including phenoxy) is 1. The number of carboxylic acids is 1. The zero-order valence-electron chi connectivity index (χ0n) is 17.0. The monoisotopic (exact) mass is 453 g/mol. The van der Waals surface area contributed by atoms with Gasteiger partial charge in [-0.2, -0.15) is 0 Å². The smallest absolute Gasteiger partial charge is 0.342 e. The second-order valence-electron chi connectivity index (χ2n) is 9.43. The Bertz CT molecular complexity index is 1460. The number of carbonyl (C=O) groups is 1. The molecule has 32 heavy (non-hydrogen) atoms. The van der Waals surface area contributed by atoms with Crippen molar-refractivity contribution in [3.05, 3.63) is 50.8 Å². The number of anilines is 1. The third-order valence-corrected chi connectivity index (χ3v) is 9.08. The SMILES string of the molecule is NCC12C=CC(C1)C1CN(c3c(F)cc4c(=O)c(C(=O)O)c5scc6n5c4c3CO6)CC12. The molecule has 4 atom stereocenters. The Morgan fingerprint density at radius 3 is 3.03 bits per heavy atom. The van der Waals surface area contributed by atoms with Crippen LogP contribution in [-0.4, -0.2) is 35.1 Å². The van der Waals surface area contributed by atoms with E-state index >= 15 is 4.39 Å². The van der Waals surface area contributed by atoms with Gasteiger partial charge in [0.2, 0.25) is 11.3 Å². The quantitative estimate of drug-likeness (QED) is 0.592. The summed E-state index contributed by atoms with van der Waals surface area (Å²) in [7, 11) is 0. The Morgan fingerprint density at radius 1 is 1.41 bits per heavy atom. The number of pyridine rings is 1. The van der Waals surface area contributed by atoms with Crippen LogP contribution in [0.25, 0.3) is 15.7 Å². The number of hydrogen-bond donors (Lipinski definition) is 2. The van der Waals surface area contributed by atoms with Gasteiger partial charge in [-0.1, -0.05) is 12.2 Å². The second-order valence-corrected chi connectivity index (χ2v) is 10.3. The number of halogens is 1. The van der Waals surface area contributed by atoms with Gasteiger partial charge in [-0.3, -0.25) is 9.20 Å². The number of rotatable bonds is 3. The van der Waals surface area contributed by atoms with Gasteiger partial charge < -0.3 is 20.5 Å². The molecule has 1 saturated carbocycles. The zero-order valence-corrected chi connectivity index (χ0v) is 17.8. The molecule has 1 saturated heterocycles. The van der Waals surface area contributed by atoms with E-state index in [0.29, 0.717) is 58.3 Å². The number of nitrogens with zero attached hydrogens (tertiary/aromatic N) is 2. The van der Waals surface area contributed by atoms with E-state index in [0.717, 1.165) is 24.3 Å². The average Bonchev–Trinajstić information content (AvgIpc) is 3.53. The number of thiazole rings is 1. The number of fused-ring (bicyclic) bond motifs is 5. The molecule has 1 aromatic carbocycles. The van der Waals surface area contributed by atoms with Crippen LogP contribution in [0.4, 0.5) is 10.1 Å². The molecule has 0 radical (unpaired) electrons. The van der Waals surface area contributed by atoms with E-state index < -0.39 is 17.2 Å². The van der Waals surface area contributed by atoms with Crippen LogP contribution >= 0.6 is 11.3 Å². The predicted octanol–water partition coefficient (Wildman–Crippen LogP) is 2.83. The first-order valence-electron chi connectivity index (χ1n) is 10.8. The lowest BCUT2D eigenvalue weighted by Crippen LogP contribution is -2.36. The highest BCUT2D eigenvalue weighted by atomic mass is 32.1. The number of allylic oxidation sites excluding steroid dienone is 1. The number of aromatic carboxylic acids is 1. The van der Waals surface area contributed by atoms with Crippen molar-refractivity contribution in [1.29, 1.82) is 0 Å². The van der Waals surface area contributed by atoms with Crippen molar-refractivity contribution in [2.75, 3.05) is 24.5 Å². The van der Waals surface area contributed by atoms with Crippen molar-refractivity contribution in [2.24, 2.45) is 28.9 Å². The van der Waals surface area contributed by atoms with Crippen molar-refractivity contribution in [3.8, 4) is 5.88 Å². The summed E-state index contributed by atoms with van der Waals surface area (Å²) in [5.41, 5.74) is 6.79. The van der Waals surface area contributed by atoms with E-state index in [-0.39, 0.29) is 23.0 Å². The van der Waals surface area contributed by atoms with Crippen molar-refractivity contribution < 1.29 is 19.0 Å². The van der Waals surface area contributed by atoms with Crippen molar-refractivity contribution in [2.45, 2.75) is 13.0 Å². The largest absolute Gasteiger partial charge is 0.477 e. The number of carboxylic acid groups (broad SMARTS) is 1. The van der Waals surface area contributed by atoms with Crippen LogP contribution in [-0.2, 0) is 6.61 Å². The summed E-state index contributed by atoms with van der Waals surface area (Å²) in [6.07, 6.45) is 5.62. The molecule has 2 fully saturated rings. The van der Waals surface area contributed by atoms with Crippen LogP contribution in [0.5, 0.6) is 5.88 Å². The molecule has 2 aliphatic carbocycles. The highest BCUT2D eigenvalue weighted by Crippen LogP contribution is 2.59. The van der Waals surface area contributed by atoms with Crippen LogP contribution in [0.3, 0.4) is 0 Å². The fourth-order valence-corrected chi connectivity index (χ4v) is 7.73. The van der Waals surface area contributed by atoms with Gasteiger partial charge in [-0.15, -0.1) is 11.3 Å². The minimum Gasteiger partial charge on any atom is -0.477 e. The molecule has 0 amide bonds. The van der Waals surface area contributed by atoms with Crippen LogP contribution < -0.4 is 20.8 Å². The number of aromatic nitrogens is 1. The molecule has 0 spiro atoms. The maximum absolute atomic E-state index is 15.6. The molecule has 3 aromatic rings. The summed E-state index contributed by atoms with van der Waals surface area (Å²) < 4.78 is 23.2. The highest BCUT2D eigenvalue weighted by Gasteiger charge is 2.57. The van der Waals surface area contributed by atoms with Gasteiger partial charge >= 0.3 is 5.97 Å². The first-order chi connectivity index (χ1) is 15.4. The van der Waals surface area contributed by atoms with Gasteiger partial charge in [0.25, 0.3) is 0 Å². The van der Waals surface area contributed by atoms with Gasteiger partial charge in [-0.25, -0.2) is 9.18 Å². The van der Waals surface area contributed by atoms with Gasteiger partial charge in [0.1, 0.15) is 22.8 Å². The fourth-order valence-electron chi connectivity index (χ4n) is 6.76. The van der Waals surface area contributed by atoms with Gasteiger partial charge in [-0.05, 0) is 30.2 Å². The van der Waals surface area contributed by atoms with Crippen LogP contribution in [0.15, 0.2) is 28.4 Å². The molecule has 4 unspecified atom stereocenters. The molecule has 4 aliphatic rings. The van der Waals surface area contributed by atoms with Gasteiger partial charge in [0.05, 0.1) is 22.0 Å². The molecule has 3 N–H and O–H groups in total. The summed E-state index contributed by atoms with van der Waals surface area (Å²) in [6, 6.07) is 1.21. The zero-order chi connectivity index (χ0) is 21.9. The lowest BCUT2D eigenvalue weighted by Gasteiger charge is -2.32. The van der Waals surface area contributed by atoms with Crippen LogP contribution in [0.2, 0.25) is 0 Å². The molecule has 9 heteroatoms. The summed E-state index contributed by atoms with van der Waals surface area (Å²) in [4.78, 5) is 27.3. The normalized spacial score (nSPS) is 29.4.